The third kappa shape index (κ3) is 2.56. The van der Waals surface area contributed by atoms with Gasteiger partial charge in [-0.3, -0.25) is 4.79 Å². The van der Waals surface area contributed by atoms with E-state index in [-0.39, 0.29) is 22.2 Å². The largest absolute Gasteiger partial charge is 0.496 e. The maximum atomic E-state index is 12.8. The molecule has 2 fully saturated rings. The molecular formula is C17H22O4S. The summed E-state index contributed by atoms with van der Waals surface area (Å²) in [5.74, 6) is 0.684. The van der Waals surface area contributed by atoms with Gasteiger partial charge in [0.15, 0.2) is 15.6 Å². The Hall–Kier alpha value is -1.36. The maximum Gasteiger partial charge on any atom is 0.166 e. The van der Waals surface area contributed by atoms with Crippen LogP contribution in [-0.2, 0) is 9.84 Å². The van der Waals surface area contributed by atoms with Gasteiger partial charge >= 0.3 is 0 Å². The lowest BCUT2D eigenvalue weighted by Crippen LogP contribution is -2.45. The van der Waals surface area contributed by atoms with Crippen molar-refractivity contribution in [2.45, 2.75) is 49.5 Å². The number of ether oxygens (including phenoxy) is 1. The number of hydrogen-bond acceptors (Lipinski definition) is 4. The molecule has 0 N–H and O–H groups in total. The standard InChI is InChI=1S/C17H22O4S/c1-11-8-12(6-7-16(11)21-2)17(18)13-9-14-4-3-5-15(10-13)22(14,19)20/h6-8,13-15H,3-5,9-10H2,1-2H3. The van der Waals surface area contributed by atoms with E-state index in [0.717, 1.165) is 17.7 Å². The molecule has 2 aliphatic rings. The van der Waals surface area contributed by atoms with Crippen molar-refractivity contribution in [2.24, 2.45) is 5.92 Å². The number of carbonyl (C=O) groups is 1. The van der Waals surface area contributed by atoms with Gasteiger partial charge in [0, 0.05) is 11.5 Å². The summed E-state index contributed by atoms with van der Waals surface area (Å²) < 4.78 is 29.8. The summed E-state index contributed by atoms with van der Waals surface area (Å²) in [7, 11) is -1.40. The number of hydrogen-bond donors (Lipinski definition) is 0. The van der Waals surface area contributed by atoms with Crippen molar-refractivity contribution >= 4 is 15.6 Å². The number of Topliss-reactive ketones (excluding diaryl/α,β-unsaturated/α-hetero) is 1. The highest BCUT2D eigenvalue weighted by Crippen LogP contribution is 2.40. The van der Waals surface area contributed by atoms with E-state index >= 15 is 0 Å². The molecule has 0 spiro atoms. The first-order valence-corrected chi connectivity index (χ1v) is 9.46. The minimum Gasteiger partial charge on any atom is -0.496 e. The molecule has 0 aliphatic carbocycles. The summed E-state index contributed by atoms with van der Waals surface area (Å²) in [5, 5.41) is -0.624. The lowest BCUT2D eigenvalue weighted by Gasteiger charge is -2.38. The fourth-order valence-corrected chi connectivity index (χ4v) is 6.43. The number of rotatable bonds is 3. The third-order valence-corrected chi connectivity index (χ3v) is 7.84. The van der Waals surface area contributed by atoms with E-state index in [2.05, 4.69) is 0 Å². The van der Waals surface area contributed by atoms with Gasteiger partial charge in [-0.05, 0) is 56.4 Å². The van der Waals surface area contributed by atoms with Crippen LogP contribution in [0.1, 0.15) is 48.0 Å². The van der Waals surface area contributed by atoms with Crippen LogP contribution in [0.3, 0.4) is 0 Å². The Balaban J connectivity index is 1.83. The van der Waals surface area contributed by atoms with Crippen molar-refractivity contribution in [3.63, 3.8) is 0 Å². The van der Waals surface area contributed by atoms with Crippen molar-refractivity contribution in [3.8, 4) is 5.75 Å². The normalized spacial score (nSPS) is 29.8. The smallest absolute Gasteiger partial charge is 0.166 e. The first-order valence-electron chi connectivity index (χ1n) is 7.85. The van der Waals surface area contributed by atoms with Crippen LogP contribution >= 0.6 is 0 Å². The van der Waals surface area contributed by atoms with E-state index in [1.165, 1.54) is 0 Å². The van der Waals surface area contributed by atoms with Crippen LogP contribution in [0.5, 0.6) is 5.75 Å². The molecule has 120 valence electrons. The van der Waals surface area contributed by atoms with E-state index in [1.807, 2.05) is 19.1 Å². The first kappa shape index (κ1) is 15.5. The topological polar surface area (TPSA) is 60.4 Å². The highest BCUT2D eigenvalue weighted by atomic mass is 32.2. The summed E-state index contributed by atoms with van der Waals surface area (Å²) in [4.78, 5) is 12.8. The summed E-state index contributed by atoms with van der Waals surface area (Å²) in [6.07, 6.45) is 3.37. The fourth-order valence-electron chi connectivity index (χ4n) is 3.89. The Morgan fingerprint density at radius 1 is 1.18 bits per heavy atom. The average Bonchev–Trinajstić information content (AvgIpc) is 2.45. The molecule has 2 atom stereocenters. The molecule has 1 aromatic rings. The van der Waals surface area contributed by atoms with Gasteiger partial charge in [0.05, 0.1) is 17.6 Å². The molecule has 2 saturated heterocycles. The second kappa shape index (κ2) is 5.69. The monoisotopic (exact) mass is 322 g/mol. The van der Waals surface area contributed by atoms with Crippen LogP contribution in [0, 0.1) is 12.8 Å². The van der Waals surface area contributed by atoms with Crippen LogP contribution in [0.25, 0.3) is 0 Å². The zero-order valence-electron chi connectivity index (χ0n) is 13.0. The van der Waals surface area contributed by atoms with E-state index in [4.69, 9.17) is 4.74 Å². The minimum absolute atomic E-state index is 0.0811. The Morgan fingerprint density at radius 2 is 1.82 bits per heavy atom. The van der Waals surface area contributed by atoms with Gasteiger partial charge in [0.2, 0.25) is 0 Å². The van der Waals surface area contributed by atoms with Crippen LogP contribution in [-0.4, -0.2) is 31.8 Å². The second-order valence-electron chi connectivity index (χ2n) is 6.48. The van der Waals surface area contributed by atoms with Gasteiger partial charge in [-0.1, -0.05) is 6.42 Å². The van der Waals surface area contributed by atoms with Gasteiger partial charge in [-0.25, -0.2) is 8.42 Å². The molecule has 22 heavy (non-hydrogen) atoms. The predicted octanol–water partition coefficient (Wildman–Crippen LogP) is 2.93. The Bertz CT molecular complexity index is 673. The molecule has 0 saturated carbocycles. The van der Waals surface area contributed by atoms with Gasteiger partial charge in [0.1, 0.15) is 5.75 Å². The highest BCUT2D eigenvalue weighted by molar-refractivity contribution is 7.92. The molecule has 2 unspecified atom stereocenters. The molecule has 3 rings (SSSR count). The van der Waals surface area contributed by atoms with Gasteiger partial charge in [0.25, 0.3) is 0 Å². The van der Waals surface area contributed by atoms with Gasteiger partial charge < -0.3 is 4.74 Å². The lowest BCUT2D eigenvalue weighted by molar-refractivity contribution is 0.0894. The number of methoxy groups -OCH3 is 1. The molecule has 2 aliphatic heterocycles. The average molecular weight is 322 g/mol. The summed E-state index contributed by atoms with van der Waals surface area (Å²) >= 11 is 0. The number of sulfone groups is 1. The Labute approximate surface area is 131 Å². The van der Waals surface area contributed by atoms with Crippen LogP contribution < -0.4 is 4.74 Å². The van der Waals surface area contributed by atoms with E-state index in [0.29, 0.717) is 31.2 Å². The Morgan fingerprint density at radius 3 is 2.36 bits per heavy atom. The zero-order chi connectivity index (χ0) is 15.9. The predicted molar refractivity (Wildman–Crippen MR) is 85.1 cm³/mol. The second-order valence-corrected chi connectivity index (χ2v) is 8.99. The SMILES string of the molecule is COc1ccc(C(=O)C2CC3CCCC(C2)S3(=O)=O)cc1C. The molecule has 1 aromatic carbocycles. The van der Waals surface area contributed by atoms with Crippen molar-refractivity contribution in [3.05, 3.63) is 29.3 Å². The summed E-state index contributed by atoms with van der Waals surface area (Å²) in [6, 6.07) is 5.44. The quantitative estimate of drug-likeness (QED) is 0.803. The van der Waals surface area contributed by atoms with Crippen molar-refractivity contribution in [2.75, 3.05) is 7.11 Å². The van der Waals surface area contributed by atoms with E-state index < -0.39 is 9.84 Å². The van der Waals surface area contributed by atoms with E-state index in [1.54, 1.807) is 13.2 Å². The molecule has 0 radical (unpaired) electrons. The van der Waals surface area contributed by atoms with Gasteiger partial charge in [-0.2, -0.15) is 0 Å². The summed E-state index contributed by atoms with van der Waals surface area (Å²) in [6.45, 7) is 1.91. The van der Waals surface area contributed by atoms with Crippen molar-refractivity contribution in [1.82, 2.24) is 0 Å². The molecule has 4 nitrogen and oxygen atoms in total. The Kier molecular flexibility index (Phi) is 4.02. The fraction of sp³-hybridized carbons (Fsp3) is 0.588. The van der Waals surface area contributed by atoms with Crippen molar-refractivity contribution in [1.29, 1.82) is 0 Å². The molecule has 0 aromatic heterocycles. The van der Waals surface area contributed by atoms with E-state index in [9.17, 15) is 13.2 Å². The van der Waals surface area contributed by atoms with Gasteiger partial charge in [-0.15, -0.1) is 0 Å². The number of aryl methyl sites for hydroxylation is 1. The van der Waals surface area contributed by atoms with Crippen molar-refractivity contribution < 1.29 is 17.9 Å². The third-order valence-electron chi connectivity index (χ3n) is 5.13. The molecule has 2 bridgehead atoms. The number of benzene rings is 1. The first-order chi connectivity index (χ1) is 10.4. The highest BCUT2D eigenvalue weighted by Gasteiger charge is 2.46. The zero-order valence-corrected chi connectivity index (χ0v) is 13.9. The molecular weight excluding hydrogens is 300 g/mol. The lowest BCUT2D eigenvalue weighted by atomic mass is 9.84. The van der Waals surface area contributed by atoms with Crippen LogP contribution in [0.2, 0.25) is 0 Å². The molecule has 5 heteroatoms. The number of carbonyl (C=O) groups excluding carboxylic acids is 1. The van der Waals surface area contributed by atoms with Crippen LogP contribution in [0.15, 0.2) is 18.2 Å². The number of fused-ring (bicyclic) bond motifs is 2. The number of ketones is 1. The summed E-state index contributed by atoms with van der Waals surface area (Å²) in [5.41, 5.74) is 1.60. The molecule has 0 amide bonds. The maximum absolute atomic E-state index is 12.8. The minimum atomic E-state index is -3.01. The van der Waals surface area contributed by atoms with Crippen LogP contribution in [0.4, 0.5) is 0 Å². The molecule has 2 heterocycles.